The molecule has 12 heavy (non-hydrogen) atoms. The van der Waals surface area contributed by atoms with E-state index in [4.69, 9.17) is 5.21 Å². The minimum absolute atomic E-state index is 0.189. The Labute approximate surface area is 71.6 Å². The molecule has 1 unspecified atom stereocenters. The molecule has 0 fully saturated rings. The van der Waals surface area contributed by atoms with Gasteiger partial charge >= 0.3 is 0 Å². The first kappa shape index (κ1) is 9.03. The molecule has 0 radical (unpaired) electrons. The predicted molar refractivity (Wildman–Crippen MR) is 46.1 cm³/mol. The van der Waals surface area contributed by atoms with Crippen LogP contribution in [0, 0.1) is 0 Å². The summed E-state index contributed by atoms with van der Waals surface area (Å²) in [5, 5.41) is 18.1. The van der Waals surface area contributed by atoms with Crippen LogP contribution in [0.25, 0.3) is 0 Å². The first-order chi connectivity index (χ1) is 5.79. The van der Waals surface area contributed by atoms with E-state index < -0.39 is 0 Å². The Morgan fingerprint density at radius 1 is 1.42 bits per heavy atom. The number of aromatic hydroxyl groups is 1. The molecule has 0 spiro atoms. The zero-order valence-corrected chi connectivity index (χ0v) is 6.99. The molecule has 0 aromatic heterocycles. The molecule has 0 amide bonds. The lowest BCUT2D eigenvalue weighted by Gasteiger charge is -2.13. The third-order valence-electron chi connectivity index (χ3n) is 1.88. The van der Waals surface area contributed by atoms with Crippen LogP contribution in [0.5, 0.6) is 5.75 Å². The maximum absolute atomic E-state index is 9.39. The molecule has 1 aromatic rings. The summed E-state index contributed by atoms with van der Waals surface area (Å²) in [6.45, 7) is 1.93. The molecular weight excluding hydrogens is 154 g/mol. The van der Waals surface area contributed by atoms with Crippen LogP contribution in [0.2, 0.25) is 0 Å². The van der Waals surface area contributed by atoms with Crippen LogP contribution in [0.3, 0.4) is 0 Å². The Kier molecular flexibility index (Phi) is 3.08. The molecule has 0 aliphatic rings. The molecule has 3 N–H and O–H groups in total. The lowest BCUT2D eigenvalue weighted by molar-refractivity contribution is 0.123. The molecule has 0 saturated carbocycles. The molecule has 0 aliphatic heterocycles. The molecular formula is C9H13NO2. The highest BCUT2D eigenvalue weighted by molar-refractivity contribution is 5.34. The van der Waals surface area contributed by atoms with Crippen molar-refractivity contribution in [3.63, 3.8) is 0 Å². The highest BCUT2D eigenvalue weighted by Gasteiger charge is 2.10. The summed E-state index contributed by atoms with van der Waals surface area (Å²) in [6.07, 6.45) is 0.730. The van der Waals surface area contributed by atoms with Gasteiger partial charge in [-0.1, -0.05) is 25.1 Å². The molecule has 0 heterocycles. The smallest absolute Gasteiger partial charge is 0.120 e. The largest absolute Gasteiger partial charge is 0.508 e. The van der Waals surface area contributed by atoms with Crippen LogP contribution in [0.15, 0.2) is 24.3 Å². The van der Waals surface area contributed by atoms with Crippen molar-refractivity contribution in [2.24, 2.45) is 0 Å². The minimum Gasteiger partial charge on any atom is -0.508 e. The van der Waals surface area contributed by atoms with Gasteiger partial charge in [-0.3, -0.25) is 0 Å². The Balaban J connectivity index is 2.92. The van der Waals surface area contributed by atoms with Crippen LogP contribution < -0.4 is 5.48 Å². The predicted octanol–water partition coefficient (Wildman–Crippen LogP) is 1.82. The zero-order chi connectivity index (χ0) is 8.97. The SMILES string of the molecule is CCC(NO)c1ccccc1O. The summed E-state index contributed by atoms with van der Waals surface area (Å²) in [4.78, 5) is 0. The summed E-state index contributed by atoms with van der Waals surface area (Å²) < 4.78 is 0. The Bertz CT molecular complexity index is 246. The quantitative estimate of drug-likeness (QED) is 0.602. The number of para-hydroxylation sites is 1. The van der Waals surface area contributed by atoms with Crippen molar-refractivity contribution in [1.82, 2.24) is 5.48 Å². The third kappa shape index (κ3) is 1.75. The van der Waals surface area contributed by atoms with Crippen LogP contribution >= 0.6 is 0 Å². The summed E-state index contributed by atoms with van der Waals surface area (Å²) >= 11 is 0. The average molecular weight is 167 g/mol. The second-order valence-electron chi connectivity index (χ2n) is 2.65. The molecule has 1 rings (SSSR count). The van der Waals surface area contributed by atoms with E-state index in [9.17, 15) is 5.11 Å². The average Bonchev–Trinajstić information content (AvgIpc) is 2.10. The van der Waals surface area contributed by atoms with Gasteiger partial charge < -0.3 is 10.3 Å². The number of phenolic OH excluding ortho intramolecular Hbond substituents is 1. The first-order valence-electron chi connectivity index (χ1n) is 3.97. The number of benzene rings is 1. The van der Waals surface area contributed by atoms with Gasteiger partial charge in [-0.2, -0.15) is 5.48 Å². The summed E-state index contributed by atoms with van der Waals surface area (Å²) in [6, 6.07) is 6.78. The van der Waals surface area contributed by atoms with Gasteiger partial charge in [-0.25, -0.2) is 0 Å². The fourth-order valence-electron chi connectivity index (χ4n) is 1.16. The van der Waals surface area contributed by atoms with Crippen LogP contribution in [-0.4, -0.2) is 10.3 Å². The van der Waals surface area contributed by atoms with E-state index in [1.807, 2.05) is 13.0 Å². The van der Waals surface area contributed by atoms with E-state index in [0.717, 1.165) is 12.0 Å². The van der Waals surface area contributed by atoms with Gasteiger partial charge in [0.2, 0.25) is 0 Å². The maximum Gasteiger partial charge on any atom is 0.120 e. The topological polar surface area (TPSA) is 52.5 Å². The van der Waals surface area contributed by atoms with E-state index in [0.29, 0.717) is 0 Å². The minimum atomic E-state index is -0.189. The number of hydroxylamine groups is 1. The number of hydrogen-bond acceptors (Lipinski definition) is 3. The normalized spacial score (nSPS) is 12.8. The van der Waals surface area contributed by atoms with Crippen molar-refractivity contribution < 1.29 is 10.3 Å². The highest BCUT2D eigenvalue weighted by Crippen LogP contribution is 2.24. The van der Waals surface area contributed by atoms with Gasteiger partial charge in [0.25, 0.3) is 0 Å². The number of rotatable bonds is 3. The van der Waals surface area contributed by atoms with Gasteiger partial charge in [-0.15, -0.1) is 0 Å². The van der Waals surface area contributed by atoms with Gasteiger partial charge in [-0.05, 0) is 12.5 Å². The van der Waals surface area contributed by atoms with Gasteiger partial charge in [0, 0.05) is 5.56 Å². The number of hydrogen-bond donors (Lipinski definition) is 3. The Morgan fingerprint density at radius 3 is 2.58 bits per heavy atom. The second-order valence-corrected chi connectivity index (χ2v) is 2.65. The van der Waals surface area contributed by atoms with Gasteiger partial charge in [0.15, 0.2) is 0 Å². The summed E-state index contributed by atoms with van der Waals surface area (Å²) in [7, 11) is 0. The van der Waals surface area contributed by atoms with Crippen LogP contribution in [0.4, 0.5) is 0 Å². The van der Waals surface area contributed by atoms with E-state index in [1.54, 1.807) is 18.2 Å². The number of phenols is 1. The molecule has 1 atom stereocenters. The van der Waals surface area contributed by atoms with Gasteiger partial charge in [0.05, 0.1) is 6.04 Å². The molecule has 0 bridgehead atoms. The van der Waals surface area contributed by atoms with E-state index in [-0.39, 0.29) is 11.8 Å². The van der Waals surface area contributed by atoms with Crippen molar-refractivity contribution in [1.29, 1.82) is 0 Å². The molecule has 0 aliphatic carbocycles. The van der Waals surface area contributed by atoms with Crippen molar-refractivity contribution in [2.45, 2.75) is 19.4 Å². The summed E-state index contributed by atoms with van der Waals surface area (Å²) in [5.74, 6) is 0.214. The van der Waals surface area contributed by atoms with Crippen molar-refractivity contribution >= 4 is 0 Å². The maximum atomic E-state index is 9.39. The molecule has 1 aromatic carbocycles. The third-order valence-corrected chi connectivity index (χ3v) is 1.88. The fourth-order valence-corrected chi connectivity index (χ4v) is 1.16. The van der Waals surface area contributed by atoms with Crippen LogP contribution in [-0.2, 0) is 0 Å². The fraction of sp³-hybridized carbons (Fsp3) is 0.333. The van der Waals surface area contributed by atoms with E-state index in [2.05, 4.69) is 5.48 Å². The lowest BCUT2D eigenvalue weighted by Crippen LogP contribution is -2.15. The second kappa shape index (κ2) is 4.09. The summed E-state index contributed by atoms with van der Waals surface area (Å²) in [5.41, 5.74) is 2.87. The molecule has 66 valence electrons. The van der Waals surface area contributed by atoms with Crippen molar-refractivity contribution in [2.75, 3.05) is 0 Å². The van der Waals surface area contributed by atoms with Crippen molar-refractivity contribution in [3.05, 3.63) is 29.8 Å². The highest BCUT2D eigenvalue weighted by atomic mass is 16.5. The van der Waals surface area contributed by atoms with Crippen LogP contribution in [0.1, 0.15) is 24.9 Å². The Hall–Kier alpha value is -1.06. The Morgan fingerprint density at radius 2 is 2.08 bits per heavy atom. The monoisotopic (exact) mass is 167 g/mol. The standard InChI is InChI=1S/C9H13NO2/c1-2-8(10-12)7-5-3-4-6-9(7)11/h3-6,8,10-12H,2H2,1H3. The van der Waals surface area contributed by atoms with Gasteiger partial charge in [0.1, 0.15) is 5.75 Å². The first-order valence-corrected chi connectivity index (χ1v) is 3.97. The van der Waals surface area contributed by atoms with E-state index in [1.165, 1.54) is 0 Å². The molecule has 3 heteroatoms. The van der Waals surface area contributed by atoms with E-state index >= 15 is 0 Å². The number of nitrogens with one attached hydrogen (secondary N) is 1. The van der Waals surface area contributed by atoms with Crippen molar-refractivity contribution in [3.8, 4) is 5.75 Å². The zero-order valence-electron chi connectivity index (χ0n) is 6.99. The molecule has 0 saturated heterocycles. The lowest BCUT2D eigenvalue weighted by atomic mass is 10.0. The molecule has 3 nitrogen and oxygen atoms in total.